The van der Waals surface area contributed by atoms with Crippen LogP contribution in [0.5, 0.6) is 0 Å². The molecule has 3 aliphatic heterocycles. The van der Waals surface area contributed by atoms with Gasteiger partial charge in [-0.3, -0.25) is 14.4 Å². The number of hydrogen-bond acceptors (Lipinski definition) is 16. The van der Waals surface area contributed by atoms with Crippen LogP contribution in [-0.2, 0) is 33.3 Å². The summed E-state index contributed by atoms with van der Waals surface area (Å²) in [5, 5.41) is 79.6. The molecular formula is C25H43N3O14S2. The van der Waals surface area contributed by atoms with E-state index in [-0.39, 0.29) is 0 Å². The molecule has 0 aromatic rings. The van der Waals surface area contributed by atoms with Crippen LogP contribution in [0.4, 0.5) is 0 Å². The Balaban J connectivity index is 1.90. The average Bonchev–Trinajstić information content (AvgIpc) is 2.97. The van der Waals surface area contributed by atoms with Crippen molar-refractivity contribution >= 4 is 41.2 Å². The zero-order valence-corrected chi connectivity index (χ0v) is 26.2. The molecule has 0 bridgehead atoms. The Morgan fingerprint density at radius 1 is 0.614 bits per heavy atom. The van der Waals surface area contributed by atoms with Crippen LogP contribution in [0, 0.1) is 0 Å². The fourth-order valence-electron chi connectivity index (χ4n) is 5.46. The SMILES string of the molecule is CO[C@H]1O[C@H](CO)[C@@H](S[C@@H]2O[C@H](CO)[C@@H](S[C@@H]3O[C@H](CO)[C@@H](O)[C@H](O)[C@H]3NC(C)=O)[C@H](O)[C@H]2NC(C)=O)[C@H](O)[C@H]1NC(C)=O. The summed E-state index contributed by atoms with van der Waals surface area (Å²) in [6, 6.07) is -3.40. The number of amides is 3. The molecule has 0 aliphatic carbocycles. The molecule has 254 valence electrons. The van der Waals surface area contributed by atoms with Gasteiger partial charge in [0, 0.05) is 27.9 Å². The molecule has 0 saturated carbocycles. The highest BCUT2D eigenvalue weighted by Crippen LogP contribution is 2.42. The van der Waals surface area contributed by atoms with E-state index in [0.29, 0.717) is 0 Å². The van der Waals surface area contributed by atoms with E-state index in [4.69, 9.17) is 18.9 Å². The van der Waals surface area contributed by atoms with Crippen molar-refractivity contribution in [1.29, 1.82) is 0 Å². The van der Waals surface area contributed by atoms with Crippen LogP contribution in [0.1, 0.15) is 20.8 Å². The van der Waals surface area contributed by atoms with Gasteiger partial charge in [-0.2, -0.15) is 0 Å². The number of methoxy groups -OCH3 is 1. The molecule has 0 aromatic carbocycles. The Morgan fingerprint density at radius 3 is 1.43 bits per heavy atom. The first kappa shape index (κ1) is 37.1. The number of carbonyl (C=O) groups is 3. The fourth-order valence-corrected chi connectivity index (χ4v) is 8.60. The summed E-state index contributed by atoms with van der Waals surface area (Å²) in [6.07, 6.45) is -10.4. The van der Waals surface area contributed by atoms with Crippen LogP contribution >= 0.6 is 23.5 Å². The number of nitrogens with one attached hydrogen (secondary N) is 3. The van der Waals surface area contributed by atoms with E-state index in [1.54, 1.807) is 0 Å². The maximum absolute atomic E-state index is 12.2. The minimum Gasteiger partial charge on any atom is -0.394 e. The molecule has 3 rings (SSSR count). The zero-order valence-electron chi connectivity index (χ0n) is 24.6. The zero-order chi connectivity index (χ0) is 32.9. The lowest BCUT2D eigenvalue weighted by atomic mass is 9.98. The number of thioether (sulfide) groups is 2. The van der Waals surface area contributed by atoms with E-state index in [1.807, 2.05) is 0 Å². The monoisotopic (exact) mass is 673 g/mol. The molecule has 0 aromatic heterocycles. The maximum atomic E-state index is 12.2. The molecule has 15 atom stereocenters. The van der Waals surface area contributed by atoms with E-state index in [9.17, 15) is 50.1 Å². The van der Waals surface area contributed by atoms with Crippen LogP contribution in [-0.4, -0.2) is 169 Å². The smallest absolute Gasteiger partial charge is 0.217 e. The van der Waals surface area contributed by atoms with Crippen LogP contribution in [0.25, 0.3) is 0 Å². The third kappa shape index (κ3) is 8.52. The van der Waals surface area contributed by atoms with Crippen molar-refractivity contribution in [3.63, 3.8) is 0 Å². The van der Waals surface area contributed by atoms with Crippen molar-refractivity contribution in [2.24, 2.45) is 0 Å². The quantitative estimate of drug-likeness (QED) is 0.0983. The Kier molecular flexibility index (Phi) is 13.9. The van der Waals surface area contributed by atoms with Crippen LogP contribution in [0.2, 0.25) is 0 Å². The van der Waals surface area contributed by atoms with Crippen molar-refractivity contribution < 1.29 is 69.1 Å². The Hall–Kier alpha value is -1.33. The molecule has 19 heteroatoms. The van der Waals surface area contributed by atoms with Crippen LogP contribution < -0.4 is 16.0 Å². The van der Waals surface area contributed by atoms with E-state index in [2.05, 4.69) is 16.0 Å². The summed E-state index contributed by atoms with van der Waals surface area (Å²) >= 11 is 1.77. The minimum absolute atomic E-state index is 0.477. The van der Waals surface area contributed by atoms with Crippen LogP contribution in [0.15, 0.2) is 0 Å². The van der Waals surface area contributed by atoms with E-state index < -0.39 is 126 Å². The van der Waals surface area contributed by atoms with Gasteiger partial charge in [0.05, 0.1) is 66.8 Å². The van der Waals surface area contributed by atoms with Gasteiger partial charge in [0.15, 0.2) is 6.29 Å². The summed E-state index contributed by atoms with van der Waals surface area (Å²) in [7, 11) is 1.31. The first-order valence-electron chi connectivity index (χ1n) is 13.9. The highest BCUT2D eigenvalue weighted by atomic mass is 32.2. The van der Waals surface area contributed by atoms with Gasteiger partial charge in [0.1, 0.15) is 35.2 Å². The van der Waals surface area contributed by atoms with Gasteiger partial charge in [0.2, 0.25) is 17.7 Å². The molecule has 3 amide bonds. The lowest BCUT2D eigenvalue weighted by Crippen LogP contribution is -2.67. The first-order chi connectivity index (χ1) is 20.8. The molecule has 0 radical (unpaired) electrons. The summed E-state index contributed by atoms with van der Waals surface area (Å²) in [4.78, 5) is 35.9. The van der Waals surface area contributed by atoms with Crippen molar-refractivity contribution in [1.82, 2.24) is 16.0 Å². The summed E-state index contributed by atoms with van der Waals surface area (Å²) in [5.41, 5.74) is -2.28. The van der Waals surface area contributed by atoms with E-state index in [0.717, 1.165) is 23.5 Å². The first-order valence-corrected chi connectivity index (χ1v) is 15.8. The van der Waals surface area contributed by atoms with Gasteiger partial charge < -0.3 is 70.6 Å². The summed E-state index contributed by atoms with van der Waals surface area (Å²) in [6.45, 7) is 1.78. The predicted molar refractivity (Wildman–Crippen MR) is 154 cm³/mol. The second kappa shape index (κ2) is 16.5. The molecule has 0 unspecified atom stereocenters. The molecule has 3 fully saturated rings. The lowest BCUT2D eigenvalue weighted by molar-refractivity contribution is -0.223. The highest BCUT2D eigenvalue weighted by Gasteiger charge is 2.54. The molecular weight excluding hydrogens is 630 g/mol. The molecule has 3 heterocycles. The molecule has 0 spiro atoms. The molecule has 3 saturated heterocycles. The van der Waals surface area contributed by atoms with E-state index in [1.165, 1.54) is 27.9 Å². The maximum Gasteiger partial charge on any atom is 0.217 e. The summed E-state index contributed by atoms with van der Waals surface area (Å²) < 4.78 is 23.0. The van der Waals surface area contributed by atoms with E-state index >= 15 is 0 Å². The Labute approximate surface area is 262 Å². The van der Waals surface area contributed by atoms with Gasteiger partial charge in [-0.25, -0.2) is 0 Å². The van der Waals surface area contributed by atoms with Crippen molar-refractivity contribution in [2.75, 3.05) is 26.9 Å². The molecule has 44 heavy (non-hydrogen) atoms. The standard InChI is InChI=1S/C25H43N3O14S2/c1-8(32)26-14-19(37)21(12(6-30)40-23(14)39-4)43-25-16(28-10(3)34)20(38)22(13(7-31)42-25)44-24-15(27-9(2)33)18(36)17(35)11(5-29)41-24/h11-25,29-31,35-38H,5-7H2,1-4H3,(H,26,32)(H,27,33)(H,28,34)/t11-,12-,13-,14-,15-,16-,17-,18-,19-,20-,21-,22-,23+,24+,25+/m1/s1. The van der Waals surface area contributed by atoms with Gasteiger partial charge in [0.25, 0.3) is 0 Å². The third-order valence-electron chi connectivity index (χ3n) is 7.51. The van der Waals surface area contributed by atoms with Gasteiger partial charge in [-0.1, -0.05) is 0 Å². The number of aliphatic hydroxyl groups is 7. The second-order valence-electron chi connectivity index (χ2n) is 10.8. The number of ether oxygens (including phenoxy) is 4. The molecule has 10 N–H and O–H groups in total. The minimum atomic E-state index is -1.55. The van der Waals surface area contributed by atoms with Gasteiger partial charge >= 0.3 is 0 Å². The predicted octanol–water partition coefficient (Wildman–Crippen LogP) is -5.05. The van der Waals surface area contributed by atoms with Crippen LogP contribution in [0.3, 0.4) is 0 Å². The number of rotatable bonds is 11. The second-order valence-corrected chi connectivity index (χ2v) is 13.3. The fraction of sp³-hybridized carbons (Fsp3) is 0.880. The third-order valence-corrected chi connectivity index (χ3v) is 10.7. The van der Waals surface area contributed by atoms with Gasteiger partial charge in [-0.15, -0.1) is 23.5 Å². The number of hydrogen-bond donors (Lipinski definition) is 10. The molecule has 3 aliphatic rings. The average molecular weight is 674 g/mol. The topological polar surface area (TPSA) is 266 Å². The largest absolute Gasteiger partial charge is 0.394 e. The van der Waals surface area contributed by atoms with Crippen molar-refractivity contribution in [2.45, 2.75) is 109 Å². The van der Waals surface area contributed by atoms with Crippen molar-refractivity contribution in [3.05, 3.63) is 0 Å². The summed E-state index contributed by atoms with van der Waals surface area (Å²) in [5.74, 6) is -1.58. The number of carbonyl (C=O) groups excluding carboxylic acids is 3. The molecule has 17 nitrogen and oxygen atoms in total. The highest BCUT2D eigenvalue weighted by molar-refractivity contribution is 8.01. The Morgan fingerprint density at radius 2 is 1.00 bits per heavy atom. The van der Waals surface area contributed by atoms with Crippen molar-refractivity contribution in [3.8, 4) is 0 Å². The normalized spacial score (nSPS) is 42.8. The number of aliphatic hydroxyl groups excluding tert-OH is 7. The Bertz CT molecular complexity index is 986. The van der Waals surface area contributed by atoms with Gasteiger partial charge in [-0.05, 0) is 0 Å². The lowest BCUT2D eigenvalue weighted by Gasteiger charge is -2.49.